The molecule has 0 aliphatic carbocycles. The number of nitrogens with zero attached hydrogens (tertiary/aromatic N) is 2. The van der Waals surface area contributed by atoms with Crippen molar-refractivity contribution in [1.29, 1.82) is 0 Å². The van der Waals surface area contributed by atoms with Gasteiger partial charge in [0.1, 0.15) is 6.04 Å². The number of hydrogen-bond donors (Lipinski definition) is 1. The maximum Gasteiger partial charge on any atom is 0.246 e. The van der Waals surface area contributed by atoms with Crippen LogP contribution in [0.25, 0.3) is 0 Å². The average Bonchev–Trinajstić information content (AvgIpc) is 2.44. The minimum absolute atomic E-state index is 0.0658. The molecule has 0 aromatic rings. The Hall–Kier alpha value is -1.06. The van der Waals surface area contributed by atoms with Crippen LogP contribution in [0, 0.1) is 0 Å². The van der Waals surface area contributed by atoms with Gasteiger partial charge in [0.15, 0.2) is 0 Å². The van der Waals surface area contributed by atoms with Gasteiger partial charge in [-0.3, -0.25) is 9.79 Å². The molecule has 0 aromatic carbocycles. The molecular formula is C10H17N3O. The second-order valence-electron chi connectivity index (χ2n) is 3.98. The lowest BCUT2D eigenvalue weighted by Crippen LogP contribution is -2.52. The van der Waals surface area contributed by atoms with Crippen molar-refractivity contribution < 1.29 is 4.79 Å². The topological polar surface area (TPSA) is 44.7 Å². The van der Waals surface area contributed by atoms with Gasteiger partial charge in [0.25, 0.3) is 0 Å². The van der Waals surface area contributed by atoms with Crippen molar-refractivity contribution in [2.75, 3.05) is 19.6 Å². The van der Waals surface area contributed by atoms with Gasteiger partial charge in [-0.15, -0.1) is 0 Å². The van der Waals surface area contributed by atoms with Crippen molar-refractivity contribution in [3.05, 3.63) is 0 Å². The van der Waals surface area contributed by atoms with Crippen molar-refractivity contribution in [3.63, 3.8) is 0 Å². The molecule has 1 unspecified atom stereocenters. The molecule has 0 spiro atoms. The average molecular weight is 195 g/mol. The van der Waals surface area contributed by atoms with Crippen molar-refractivity contribution in [3.8, 4) is 0 Å². The van der Waals surface area contributed by atoms with Crippen molar-refractivity contribution >= 4 is 12.2 Å². The molecule has 0 saturated carbocycles. The highest BCUT2D eigenvalue weighted by Gasteiger charge is 2.26. The van der Waals surface area contributed by atoms with Gasteiger partial charge < -0.3 is 10.2 Å². The van der Waals surface area contributed by atoms with Crippen LogP contribution in [0.2, 0.25) is 0 Å². The Labute approximate surface area is 84.4 Å². The highest BCUT2D eigenvalue weighted by molar-refractivity contribution is 5.88. The lowest BCUT2D eigenvalue weighted by Gasteiger charge is -2.23. The zero-order chi connectivity index (χ0) is 9.80. The van der Waals surface area contributed by atoms with Gasteiger partial charge >= 0.3 is 0 Å². The van der Waals surface area contributed by atoms with Crippen molar-refractivity contribution in [2.24, 2.45) is 4.99 Å². The number of rotatable bonds is 2. The number of carbonyl (C=O) groups is 1. The molecule has 1 atom stereocenters. The monoisotopic (exact) mass is 195 g/mol. The third-order valence-electron chi connectivity index (χ3n) is 2.82. The molecule has 0 radical (unpaired) electrons. The first-order valence-corrected chi connectivity index (χ1v) is 5.41. The predicted molar refractivity (Wildman–Crippen MR) is 55.3 cm³/mol. The van der Waals surface area contributed by atoms with Crippen LogP contribution in [0.5, 0.6) is 0 Å². The van der Waals surface area contributed by atoms with Crippen LogP contribution >= 0.6 is 0 Å². The molecular weight excluding hydrogens is 178 g/mol. The molecule has 78 valence electrons. The van der Waals surface area contributed by atoms with E-state index >= 15 is 0 Å². The summed E-state index contributed by atoms with van der Waals surface area (Å²) in [6.45, 7) is 2.90. The van der Waals surface area contributed by atoms with Crippen LogP contribution in [0.4, 0.5) is 0 Å². The number of aliphatic imine (C=N–C) groups is 1. The highest BCUT2D eigenvalue weighted by atomic mass is 16.2. The zero-order valence-electron chi connectivity index (χ0n) is 8.41. The highest BCUT2D eigenvalue weighted by Crippen LogP contribution is 2.08. The summed E-state index contributed by atoms with van der Waals surface area (Å²) >= 11 is 0. The first-order valence-electron chi connectivity index (χ1n) is 5.41. The van der Waals surface area contributed by atoms with Gasteiger partial charge in [-0.1, -0.05) is 12.8 Å². The maximum absolute atomic E-state index is 10.9. The smallest absolute Gasteiger partial charge is 0.246 e. The second kappa shape index (κ2) is 4.44. The molecule has 1 N–H and O–H groups in total. The first kappa shape index (κ1) is 9.49. The van der Waals surface area contributed by atoms with E-state index in [-0.39, 0.29) is 11.9 Å². The summed E-state index contributed by atoms with van der Waals surface area (Å²) < 4.78 is 0. The van der Waals surface area contributed by atoms with Gasteiger partial charge in [-0.25, -0.2) is 0 Å². The Balaban J connectivity index is 1.79. The largest absolute Gasteiger partial charge is 0.363 e. The van der Waals surface area contributed by atoms with Gasteiger partial charge in [0.05, 0.1) is 6.34 Å². The van der Waals surface area contributed by atoms with Crippen molar-refractivity contribution in [2.45, 2.75) is 31.7 Å². The third-order valence-corrected chi connectivity index (χ3v) is 2.82. The summed E-state index contributed by atoms with van der Waals surface area (Å²) in [4.78, 5) is 17.4. The summed E-state index contributed by atoms with van der Waals surface area (Å²) in [6, 6.07) is -0.113. The lowest BCUT2D eigenvalue weighted by atomic mass is 10.2. The van der Waals surface area contributed by atoms with E-state index in [0.29, 0.717) is 6.54 Å². The van der Waals surface area contributed by atoms with E-state index in [0.717, 1.165) is 13.1 Å². The fourth-order valence-corrected chi connectivity index (χ4v) is 1.78. The maximum atomic E-state index is 10.9. The summed E-state index contributed by atoms with van der Waals surface area (Å²) in [5.74, 6) is 0.0658. The number of amides is 1. The van der Waals surface area contributed by atoms with E-state index in [1.807, 2.05) is 6.34 Å². The summed E-state index contributed by atoms with van der Waals surface area (Å²) in [7, 11) is 0. The van der Waals surface area contributed by atoms with Gasteiger partial charge in [-0.05, 0) is 12.8 Å². The van der Waals surface area contributed by atoms with Gasteiger partial charge in [0, 0.05) is 19.6 Å². The minimum Gasteiger partial charge on any atom is -0.363 e. The van der Waals surface area contributed by atoms with E-state index in [9.17, 15) is 4.79 Å². The number of nitrogens with one attached hydrogen (secondary N) is 1. The molecule has 2 saturated heterocycles. The van der Waals surface area contributed by atoms with E-state index in [2.05, 4.69) is 15.2 Å². The van der Waals surface area contributed by atoms with E-state index in [1.165, 1.54) is 25.7 Å². The molecule has 4 heteroatoms. The molecule has 2 rings (SSSR count). The summed E-state index contributed by atoms with van der Waals surface area (Å²) in [5, 5.41) is 2.69. The molecule has 2 aliphatic rings. The Kier molecular flexibility index (Phi) is 3.01. The lowest BCUT2D eigenvalue weighted by molar-refractivity contribution is -0.127. The summed E-state index contributed by atoms with van der Waals surface area (Å²) in [6.07, 6.45) is 7.03. The second-order valence-corrected chi connectivity index (χ2v) is 3.98. The number of hydrogen-bond acceptors (Lipinski definition) is 2. The van der Waals surface area contributed by atoms with Gasteiger partial charge in [0.2, 0.25) is 5.91 Å². The van der Waals surface area contributed by atoms with Crippen LogP contribution < -0.4 is 5.32 Å². The molecule has 2 fully saturated rings. The number of carbonyl (C=O) groups excluding carboxylic acids is 1. The zero-order valence-corrected chi connectivity index (χ0v) is 8.41. The molecule has 1 amide bonds. The standard InChI is InChI=1S/C10H17N3O/c14-10-9(7-11-10)12-8-13-5-3-1-2-4-6-13/h8-9H,1-7H2,(H,11,14)/b12-8+. The van der Waals surface area contributed by atoms with E-state index < -0.39 is 0 Å². The Bertz CT molecular complexity index is 232. The minimum atomic E-state index is -0.113. The fourth-order valence-electron chi connectivity index (χ4n) is 1.78. The molecule has 0 bridgehead atoms. The first-order chi connectivity index (χ1) is 6.86. The van der Waals surface area contributed by atoms with Crippen molar-refractivity contribution in [1.82, 2.24) is 10.2 Å². The quantitative estimate of drug-likeness (QED) is 0.393. The Morgan fingerprint density at radius 1 is 1.29 bits per heavy atom. The number of β-lactam (4-membered cyclic amide) rings is 1. The number of likely N-dealkylation sites (tertiary alicyclic amines) is 1. The van der Waals surface area contributed by atoms with E-state index in [4.69, 9.17) is 0 Å². The van der Waals surface area contributed by atoms with Crippen LogP contribution in [0.15, 0.2) is 4.99 Å². The summed E-state index contributed by atoms with van der Waals surface area (Å²) in [5.41, 5.74) is 0. The molecule has 2 aliphatic heterocycles. The Morgan fingerprint density at radius 2 is 2.00 bits per heavy atom. The SMILES string of the molecule is O=C1NCC1/N=C/N1CCCCCC1. The molecule has 2 heterocycles. The predicted octanol–water partition coefficient (Wildman–Crippen LogP) is 0.389. The Morgan fingerprint density at radius 3 is 2.50 bits per heavy atom. The van der Waals surface area contributed by atoms with Crippen LogP contribution in [0.3, 0.4) is 0 Å². The molecule has 4 nitrogen and oxygen atoms in total. The normalized spacial score (nSPS) is 28.4. The fraction of sp³-hybridized carbons (Fsp3) is 0.800. The van der Waals surface area contributed by atoms with E-state index in [1.54, 1.807) is 0 Å². The third kappa shape index (κ3) is 2.25. The molecule has 14 heavy (non-hydrogen) atoms. The molecule has 0 aromatic heterocycles. The van der Waals surface area contributed by atoms with Crippen LogP contribution in [0.1, 0.15) is 25.7 Å². The van der Waals surface area contributed by atoms with Crippen LogP contribution in [-0.4, -0.2) is 42.8 Å². The van der Waals surface area contributed by atoms with Gasteiger partial charge in [-0.2, -0.15) is 0 Å². The van der Waals surface area contributed by atoms with Crippen LogP contribution in [-0.2, 0) is 4.79 Å².